The summed E-state index contributed by atoms with van der Waals surface area (Å²) in [5.74, 6) is -3.22. The third-order valence-electron chi connectivity index (χ3n) is 3.29. The van der Waals surface area contributed by atoms with E-state index in [2.05, 4.69) is 0 Å². The molecule has 0 aliphatic heterocycles. The van der Waals surface area contributed by atoms with Crippen molar-refractivity contribution in [3.63, 3.8) is 0 Å². The monoisotopic (exact) mass is 310 g/mol. The molecule has 4 nitrogen and oxygen atoms in total. The van der Waals surface area contributed by atoms with E-state index in [-0.39, 0.29) is 87.4 Å². The van der Waals surface area contributed by atoms with Crippen LogP contribution in [0, 0.1) is 10.8 Å². The average Bonchev–Trinajstić information content (AvgIpc) is 2.24. The smallest absolute Gasteiger partial charge is 0.549 e. The van der Waals surface area contributed by atoms with E-state index in [4.69, 9.17) is 0 Å². The van der Waals surface area contributed by atoms with Crippen molar-refractivity contribution in [3.8, 4) is 0 Å². The number of hydrogen-bond donors (Lipinski definition) is 0. The Labute approximate surface area is 184 Å². The van der Waals surface area contributed by atoms with Gasteiger partial charge in [0.25, 0.3) is 0 Å². The molecule has 0 fully saturated rings. The maximum Gasteiger partial charge on any atom is 1.00 e. The summed E-state index contributed by atoms with van der Waals surface area (Å²) in [5, 5.41) is 22.8. The van der Waals surface area contributed by atoms with Crippen LogP contribution in [0.25, 0.3) is 0 Å². The third-order valence-corrected chi connectivity index (χ3v) is 3.29. The molecule has 0 amide bonds. The Morgan fingerprint density at radius 1 is 1.00 bits per heavy atom. The van der Waals surface area contributed by atoms with Gasteiger partial charge in [-0.1, -0.05) is 51.1 Å². The van der Waals surface area contributed by atoms with Crippen molar-refractivity contribution < 1.29 is 101 Å². The van der Waals surface area contributed by atoms with Gasteiger partial charge in [-0.25, -0.2) is 0 Å². The first-order chi connectivity index (χ1) is 8.22. The molecule has 0 atom stereocenters. The fraction of sp³-hybridized carbons (Fsp3) is 0.429. The van der Waals surface area contributed by atoms with Crippen LogP contribution in [0.3, 0.4) is 0 Å². The second-order valence-corrected chi connectivity index (χ2v) is 5.39. The van der Waals surface area contributed by atoms with Gasteiger partial charge in [0.1, 0.15) is 0 Å². The largest absolute Gasteiger partial charge is 1.00 e. The van der Waals surface area contributed by atoms with Crippen LogP contribution in [0.5, 0.6) is 0 Å². The van der Waals surface area contributed by atoms with Crippen LogP contribution in [0.2, 0.25) is 0 Å². The first-order valence-electron chi connectivity index (χ1n) is 5.68. The summed E-state index contributed by atoms with van der Waals surface area (Å²) < 4.78 is 0. The normalized spacial score (nSPS) is 10.9. The number of carbonyl (C=O) groups excluding carboxylic acids is 2. The quantitative estimate of drug-likeness (QED) is 0.409. The zero-order chi connectivity index (χ0) is 14.0. The molecule has 0 aromatic heterocycles. The molecule has 0 spiro atoms. The fourth-order valence-corrected chi connectivity index (χ4v) is 2.01. The van der Waals surface area contributed by atoms with E-state index in [9.17, 15) is 19.8 Å². The standard InChI is InChI=1S/C14H18O4.K.Na/c1-13(2,3)14(11(15)16,12(17)18)9-10-7-5-4-6-8-10;;/h4-8H,9H2,1-3H3,(H,15,16)(H,17,18);;/q;2*+1/p-2. The molecule has 1 rings (SSSR count). The molecule has 1 aromatic rings. The number of benzene rings is 1. The van der Waals surface area contributed by atoms with Crippen LogP contribution in [0.1, 0.15) is 26.3 Å². The summed E-state index contributed by atoms with van der Waals surface area (Å²) in [6.07, 6.45) is -0.151. The second-order valence-electron chi connectivity index (χ2n) is 5.39. The molecule has 0 unspecified atom stereocenters. The van der Waals surface area contributed by atoms with Crippen LogP contribution in [0.4, 0.5) is 0 Å². The molecular formula is C14H16KNaO4. The third kappa shape index (κ3) is 4.92. The summed E-state index contributed by atoms with van der Waals surface area (Å²) >= 11 is 0. The molecule has 0 radical (unpaired) electrons. The van der Waals surface area contributed by atoms with E-state index < -0.39 is 22.8 Å². The number of aliphatic carboxylic acids is 2. The van der Waals surface area contributed by atoms with E-state index in [1.165, 1.54) is 0 Å². The molecule has 0 bridgehead atoms. The van der Waals surface area contributed by atoms with Crippen molar-refractivity contribution in [3.05, 3.63) is 35.9 Å². The zero-order valence-electron chi connectivity index (χ0n) is 12.7. The summed E-state index contributed by atoms with van der Waals surface area (Å²) in [6.45, 7) is 4.67. The summed E-state index contributed by atoms with van der Waals surface area (Å²) in [4.78, 5) is 22.8. The van der Waals surface area contributed by atoms with Crippen LogP contribution in [-0.4, -0.2) is 11.9 Å². The Hall–Kier alpha value is 0.796. The van der Waals surface area contributed by atoms with Crippen molar-refractivity contribution in [2.75, 3.05) is 0 Å². The van der Waals surface area contributed by atoms with Crippen molar-refractivity contribution in [1.82, 2.24) is 0 Å². The van der Waals surface area contributed by atoms with Crippen molar-refractivity contribution in [2.45, 2.75) is 27.2 Å². The van der Waals surface area contributed by atoms with Crippen molar-refractivity contribution in [1.29, 1.82) is 0 Å². The molecule has 0 saturated heterocycles. The van der Waals surface area contributed by atoms with Crippen molar-refractivity contribution >= 4 is 11.9 Å². The van der Waals surface area contributed by atoms with E-state index >= 15 is 0 Å². The number of carboxylic acid groups (broad SMARTS) is 2. The van der Waals surface area contributed by atoms with Crippen LogP contribution in [-0.2, 0) is 16.0 Å². The van der Waals surface area contributed by atoms with Gasteiger partial charge in [0, 0.05) is 0 Å². The Morgan fingerprint density at radius 3 is 1.70 bits per heavy atom. The predicted molar refractivity (Wildman–Crippen MR) is 62.0 cm³/mol. The molecule has 0 saturated carbocycles. The molecule has 6 heteroatoms. The van der Waals surface area contributed by atoms with Gasteiger partial charge in [-0.3, -0.25) is 0 Å². The van der Waals surface area contributed by atoms with E-state index in [0.29, 0.717) is 5.56 Å². The molecule has 1 aromatic carbocycles. The number of rotatable bonds is 4. The number of carboxylic acids is 2. The van der Waals surface area contributed by atoms with Gasteiger partial charge in [0.15, 0.2) is 0 Å². The summed E-state index contributed by atoms with van der Waals surface area (Å²) in [6, 6.07) is 8.61. The van der Waals surface area contributed by atoms with Gasteiger partial charge in [0.05, 0.1) is 17.4 Å². The summed E-state index contributed by atoms with van der Waals surface area (Å²) in [5.41, 5.74) is -2.43. The van der Waals surface area contributed by atoms with Gasteiger partial charge >= 0.3 is 80.9 Å². The molecule has 0 aliphatic carbocycles. The minimum Gasteiger partial charge on any atom is -0.549 e. The fourth-order valence-electron chi connectivity index (χ4n) is 2.01. The second kappa shape index (κ2) is 9.05. The van der Waals surface area contributed by atoms with Crippen LogP contribution < -0.4 is 91.2 Å². The minimum absolute atomic E-state index is 0. The molecule has 0 N–H and O–H groups in total. The Balaban J connectivity index is 0. The maximum atomic E-state index is 11.4. The Bertz CT molecular complexity index is 440. The number of carbonyl (C=O) groups is 2. The van der Waals surface area contributed by atoms with Crippen LogP contribution in [0.15, 0.2) is 30.3 Å². The molecule has 20 heavy (non-hydrogen) atoms. The molecular weight excluding hydrogens is 294 g/mol. The summed E-state index contributed by atoms with van der Waals surface area (Å²) in [7, 11) is 0. The van der Waals surface area contributed by atoms with Crippen LogP contribution >= 0.6 is 0 Å². The first kappa shape index (κ1) is 23.1. The average molecular weight is 310 g/mol. The Morgan fingerprint density at radius 2 is 1.40 bits per heavy atom. The van der Waals surface area contributed by atoms with E-state index in [1.807, 2.05) is 0 Å². The number of hydrogen-bond acceptors (Lipinski definition) is 4. The molecule has 0 aliphatic rings. The first-order valence-corrected chi connectivity index (χ1v) is 5.68. The van der Waals surface area contributed by atoms with Crippen molar-refractivity contribution in [2.24, 2.45) is 10.8 Å². The molecule has 0 heterocycles. The van der Waals surface area contributed by atoms with Gasteiger partial charge in [-0.05, 0) is 17.4 Å². The van der Waals surface area contributed by atoms with Gasteiger partial charge in [-0.2, -0.15) is 0 Å². The molecule has 98 valence electrons. The SMILES string of the molecule is CC(C)(C)C(Cc1ccccc1)(C(=O)[O-])C(=O)[O-].[K+].[Na+]. The predicted octanol–water partition coefficient (Wildman–Crippen LogP) is -6.23. The zero-order valence-corrected chi connectivity index (χ0v) is 17.8. The van der Waals surface area contributed by atoms with Gasteiger partial charge in [-0.15, -0.1) is 0 Å². The Kier molecular flexibility index (Phi) is 10.4. The van der Waals surface area contributed by atoms with E-state index in [0.717, 1.165) is 0 Å². The topological polar surface area (TPSA) is 80.3 Å². The maximum absolute atomic E-state index is 11.4. The van der Waals surface area contributed by atoms with Gasteiger partial charge < -0.3 is 19.8 Å². The minimum atomic E-state index is -2.05. The van der Waals surface area contributed by atoms with E-state index in [1.54, 1.807) is 51.1 Å². The van der Waals surface area contributed by atoms with Gasteiger partial charge in [0.2, 0.25) is 0 Å².